The molecule has 1 aliphatic rings. The van der Waals surface area contributed by atoms with E-state index in [0.29, 0.717) is 31.8 Å². The topological polar surface area (TPSA) is 65.5 Å². The lowest BCUT2D eigenvalue weighted by Gasteiger charge is -2.35. The number of aromatic nitrogens is 1. The van der Waals surface area contributed by atoms with Crippen LogP contribution in [0.5, 0.6) is 0 Å². The third-order valence-corrected chi connectivity index (χ3v) is 5.52. The van der Waals surface area contributed by atoms with Crippen molar-refractivity contribution in [1.29, 1.82) is 0 Å². The van der Waals surface area contributed by atoms with Crippen LogP contribution in [0.15, 0.2) is 48.7 Å². The van der Waals surface area contributed by atoms with Gasteiger partial charge in [-0.2, -0.15) is 0 Å². The summed E-state index contributed by atoms with van der Waals surface area (Å²) in [5.41, 5.74) is 2.05. The molecular formula is C24H32N4O2. The second-order valence-electron chi connectivity index (χ2n) is 8.39. The smallest absolute Gasteiger partial charge is 0.224 e. The number of nitrogens with one attached hydrogen (secondary N) is 1. The Morgan fingerprint density at radius 3 is 2.27 bits per heavy atom. The Kier molecular flexibility index (Phi) is 7.44. The molecule has 2 heterocycles. The van der Waals surface area contributed by atoms with Gasteiger partial charge in [0.1, 0.15) is 5.82 Å². The van der Waals surface area contributed by atoms with Crippen molar-refractivity contribution in [2.75, 3.05) is 36.4 Å². The molecule has 1 aromatic heterocycles. The number of hydrogen-bond donors (Lipinski definition) is 1. The molecule has 3 rings (SSSR count). The molecule has 160 valence electrons. The third kappa shape index (κ3) is 6.05. The van der Waals surface area contributed by atoms with Crippen molar-refractivity contribution in [2.24, 2.45) is 5.92 Å². The van der Waals surface area contributed by atoms with Gasteiger partial charge in [0.2, 0.25) is 11.8 Å². The van der Waals surface area contributed by atoms with Crippen LogP contribution in [0, 0.1) is 5.92 Å². The Morgan fingerprint density at radius 1 is 0.967 bits per heavy atom. The molecule has 1 aromatic carbocycles. The van der Waals surface area contributed by atoms with Gasteiger partial charge < -0.3 is 15.1 Å². The van der Waals surface area contributed by atoms with E-state index < -0.39 is 0 Å². The molecule has 0 spiro atoms. The van der Waals surface area contributed by atoms with E-state index >= 15 is 0 Å². The number of carbonyl (C=O) groups excluding carboxylic acids is 2. The summed E-state index contributed by atoms with van der Waals surface area (Å²) in [5.74, 6) is 1.49. The summed E-state index contributed by atoms with van der Waals surface area (Å²) in [7, 11) is 0. The Morgan fingerprint density at radius 2 is 1.67 bits per heavy atom. The summed E-state index contributed by atoms with van der Waals surface area (Å²) in [6.45, 7) is 9.19. The Bertz CT molecular complexity index is 828. The van der Waals surface area contributed by atoms with Gasteiger partial charge in [-0.1, -0.05) is 39.0 Å². The zero-order chi connectivity index (χ0) is 21.5. The zero-order valence-corrected chi connectivity index (χ0v) is 18.2. The van der Waals surface area contributed by atoms with Crippen LogP contribution in [0.1, 0.15) is 45.1 Å². The van der Waals surface area contributed by atoms with Gasteiger partial charge in [0, 0.05) is 50.9 Å². The first kappa shape index (κ1) is 21.8. The van der Waals surface area contributed by atoms with Crippen LogP contribution in [0.4, 0.5) is 11.5 Å². The first-order valence-corrected chi connectivity index (χ1v) is 10.8. The monoisotopic (exact) mass is 408 g/mol. The first-order chi connectivity index (χ1) is 14.4. The highest BCUT2D eigenvalue weighted by Crippen LogP contribution is 2.19. The minimum atomic E-state index is -0.0485. The lowest BCUT2D eigenvalue weighted by atomic mass is 10.0. The van der Waals surface area contributed by atoms with Crippen LogP contribution < -0.4 is 10.2 Å². The minimum Gasteiger partial charge on any atom is -0.353 e. The second-order valence-corrected chi connectivity index (χ2v) is 8.39. The number of nitrogens with zero attached hydrogens (tertiary/aromatic N) is 3. The van der Waals surface area contributed by atoms with Crippen LogP contribution in [0.3, 0.4) is 0 Å². The zero-order valence-electron chi connectivity index (χ0n) is 18.2. The Labute approximate surface area is 179 Å². The van der Waals surface area contributed by atoms with Crippen LogP contribution in [-0.2, 0) is 9.59 Å². The largest absolute Gasteiger partial charge is 0.353 e. The van der Waals surface area contributed by atoms with Gasteiger partial charge in [0.05, 0.1) is 0 Å². The van der Waals surface area contributed by atoms with Crippen molar-refractivity contribution in [3.63, 3.8) is 0 Å². The van der Waals surface area contributed by atoms with Gasteiger partial charge in [-0.05, 0) is 41.7 Å². The van der Waals surface area contributed by atoms with Crippen molar-refractivity contribution in [2.45, 2.75) is 39.5 Å². The normalized spacial score (nSPS) is 15.2. The van der Waals surface area contributed by atoms with E-state index in [0.717, 1.165) is 24.6 Å². The molecule has 1 unspecified atom stereocenters. The maximum atomic E-state index is 12.7. The maximum absolute atomic E-state index is 12.7. The SMILES string of the molecule is CC(CC(=O)Nc1ccc(C(C)C)cc1)CC(=O)N1CCN(c2ccccn2)CC1. The molecule has 2 amide bonds. The van der Waals surface area contributed by atoms with Crippen LogP contribution in [0.2, 0.25) is 0 Å². The summed E-state index contributed by atoms with van der Waals surface area (Å²) >= 11 is 0. The number of hydrogen-bond acceptors (Lipinski definition) is 4. The average Bonchev–Trinajstić information content (AvgIpc) is 2.74. The lowest BCUT2D eigenvalue weighted by molar-refractivity contribution is -0.132. The van der Waals surface area contributed by atoms with Gasteiger partial charge in [0.25, 0.3) is 0 Å². The molecule has 2 aromatic rings. The maximum Gasteiger partial charge on any atom is 0.224 e. The standard InChI is InChI=1S/C24H32N4O2/c1-18(2)20-7-9-21(10-8-20)26-23(29)16-19(3)17-24(30)28-14-12-27(13-15-28)22-6-4-5-11-25-22/h4-11,18-19H,12-17H2,1-3H3,(H,26,29). The van der Waals surface area contributed by atoms with E-state index in [1.807, 2.05) is 54.3 Å². The fourth-order valence-corrected chi connectivity index (χ4v) is 3.70. The third-order valence-electron chi connectivity index (χ3n) is 5.52. The molecule has 0 bridgehead atoms. The lowest BCUT2D eigenvalue weighted by Crippen LogP contribution is -2.49. The molecule has 6 heteroatoms. The highest BCUT2D eigenvalue weighted by molar-refractivity contribution is 5.91. The predicted molar refractivity (Wildman–Crippen MR) is 121 cm³/mol. The molecular weight excluding hydrogens is 376 g/mol. The molecule has 1 aliphatic heterocycles. The van der Waals surface area contributed by atoms with E-state index in [4.69, 9.17) is 0 Å². The van der Waals surface area contributed by atoms with Gasteiger partial charge in [-0.15, -0.1) is 0 Å². The van der Waals surface area contributed by atoms with Gasteiger partial charge in [-0.25, -0.2) is 4.98 Å². The van der Waals surface area contributed by atoms with Crippen LogP contribution in [-0.4, -0.2) is 47.9 Å². The number of amides is 2. The minimum absolute atomic E-state index is 0.00116. The van der Waals surface area contributed by atoms with E-state index in [2.05, 4.69) is 29.0 Å². The highest BCUT2D eigenvalue weighted by Gasteiger charge is 2.23. The quantitative estimate of drug-likeness (QED) is 0.754. The van der Waals surface area contributed by atoms with Crippen molar-refractivity contribution >= 4 is 23.3 Å². The molecule has 30 heavy (non-hydrogen) atoms. The summed E-state index contributed by atoms with van der Waals surface area (Å²) in [6.07, 6.45) is 2.52. The second kappa shape index (κ2) is 10.2. The van der Waals surface area contributed by atoms with Crippen molar-refractivity contribution in [1.82, 2.24) is 9.88 Å². The van der Waals surface area contributed by atoms with Crippen molar-refractivity contribution in [3.05, 3.63) is 54.2 Å². The predicted octanol–water partition coefficient (Wildman–Crippen LogP) is 3.91. The Balaban J connectivity index is 1.41. The van der Waals surface area contributed by atoms with Crippen LogP contribution >= 0.6 is 0 Å². The summed E-state index contributed by atoms with van der Waals surface area (Å²) < 4.78 is 0. The summed E-state index contributed by atoms with van der Waals surface area (Å²) in [5, 5.41) is 2.94. The molecule has 1 saturated heterocycles. The summed E-state index contributed by atoms with van der Waals surface area (Å²) in [6, 6.07) is 13.8. The Hall–Kier alpha value is -2.89. The molecule has 1 N–H and O–H groups in total. The number of benzene rings is 1. The van der Waals surface area contributed by atoms with E-state index in [-0.39, 0.29) is 17.7 Å². The van der Waals surface area contributed by atoms with Crippen molar-refractivity contribution < 1.29 is 9.59 Å². The van der Waals surface area contributed by atoms with Gasteiger partial charge >= 0.3 is 0 Å². The number of carbonyl (C=O) groups is 2. The molecule has 6 nitrogen and oxygen atoms in total. The molecule has 1 fully saturated rings. The first-order valence-electron chi connectivity index (χ1n) is 10.8. The molecule has 0 aliphatic carbocycles. The van der Waals surface area contributed by atoms with E-state index in [9.17, 15) is 9.59 Å². The fraction of sp³-hybridized carbons (Fsp3) is 0.458. The fourth-order valence-electron chi connectivity index (χ4n) is 3.70. The van der Waals surface area contributed by atoms with Gasteiger partial charge in [-0.3, -0.25) is 9.59 Å². The summed E-state index contributed by atoms with van der Waals surface area (Å²) in [4.78, 5) is 33.5. The average molecular weight is 409 g/mol. The van der Waals surface area contributed by atoms with Gasteiger partial charge in [0.15, 0.2) is 0 Å². The van der Waals surface area contributed by atoms with E-state index in [1.54, 1.807) is 6.20 Å². The number of rotatable bonds is 7. The van der Waals surface area contributed by atoms with E-state index in [1.165, 1.54) is 5.56 Å². The van der Waals surface area contributed by atoms with Crippen LogP contribution in [0.25, 0.3) is 0 Å². The number of pyridine rings is 1. The number of anilines is 2. The van der Waals surface area contributed by atoms with Crippen molar-refractivity contribution in [3.8, 4) is 0 Å². The highest BCUT2D eigenvalue weighted by atomic mass is 16.2. The molecule has 0 saturated carbocycles. The molecule has 1 atom stereocenters. The number of piperazine rings is 1. The molecule has 0 radical (unpaired) electrons.